The molecular weight excluding hydrogens is 252 g/mol. The zero-order valence-electron chi connectivity index (χ0n) is 10.7. The topological polar surface area (TPSA) is 113 Å². The number of aliphatic hydroxyl groups excluding tert-OH is 1. The third kappa shape index (κ3) is 3.92. The van der Waals surface area contributed by atoms with E-state index in [0.29, 0.717) is 0 Å². The molecule has 7 heteroatoms. The Bertz CT molecular complexity index is 487. The number of carbonyl (C=O) groups is 1. The Morgan fingerprint density at radius 1 is 1.47 bits per heavy atom. The maximum atomic E-state index is 10.8. The van der Waals surface area contributed by atoms with Crippen LogP contribution in [0, 0.1) is 16.0 Å². The van der Waals surface area contributed by atoms with E-state index in [1.54, 1.807) is 0 Å². The van der Waals surface area contributed by atoms with Crippen LogP contribution in [0.25, 0.3) is 0 Å². The van der Waals surface area contributed by atoms with Gasteiger partial charge < -0.3 is 15.5 Å². The number of rotatable bonds is 6. The number of aromatic carboxylic acids is 1. The van der Waals surface area contributed by atoms with Crippen LogP contribution in [0.1, 0.15) is 24.2 Å². The third-order valence-corrected chi connectivity index (χ3v) is 2.71. The predicted octanol–water partition coefficient (Wildman–Crippen LogP) is 1.72. The third-order valence-electron chi connectivity index (χ3n) is 2.71. The summed E-state index contributed by atoms with van der Waals surface area (Å²) in [6.07, 6.45) is -0.673. The predicted molar refractivity (Wildman–Crippen MR) is 69.4 cm³/mol. The molecule has 0 heterocycles. The number of hydrogen-bond donors (Lipinski definition) is 3. The number of carboxylic acid groups (broad SMARTS) is 1. The number of carboxylic acids is 1. The first-order chi connectivity index (χ1) is 8.82. The first-order valence-electron chi connectivity index (χ1n) is 5.76. The van der Waals surface area contributed by atoms with Crippen LogP contribution in [0.2, 0.25) is 0 Å². The molecule has 0 saturated heterocycles. The van der Waals surface area contributed by atoms with Crippen molar-refractivity contribution in [3.05, 3.63) is 33.9 Å². The van der Waals surface area contributed by atoms with Crippen molar-refractivity contribution in [2.24, 2.45) is 5.92 Å². The number of nitrogens with one attached hydrogen (secondary N) is 1. The molecule has 1 atom stereocenters. The summed E-state index contributed by atoms with van der Waals surface area (Å²) in [7, 11) is 0. The van der Waals surface area contributed by atoms with E-state index in [9.17, 15) is 20.0 Å². The second-order valence-corrected chi connectivity index (χ2v) is 4.49. The minimum atomic E-state index is -1.16. The van der Waals surface area contributed by atoms with Crippen molar-refractivity contribution < 1.29 is 19.9 Å². The molecule has 7 nitrogen and oxygen atoms in total. The van der Waals surface area contributed by atoms with Crippen LogP contribution >= 0.6 is 0 Å². The molecule has 3 N–H and O–H groups in total. The summed E-state index contributed by atoms with van der Waals surface area (Å²) in [5, 5.41) is 32.1. The number of hydrogen-bond acceptors (Lipinski definition) is 5. The molecule has 0 saturated carbocycles. The lowest BCUT2D eigenvalue weighted by Gasteiger charge is -2.16. The van der Waals surface area contributed by atoms with Gasteiger partial charge in [-0.3, -0.25) is 10.1 Å². The van der Waals surface area contributed by atoms with Gasteiger partial charge in [0.25, 0.3) is 5.69 Å². The number of nitro groups is 1. The zero-order chi connectivity index (χ0) is 14.6. The quantitative estimate of drug-likeness (QED) is 0.535. The van der Waals surface area contributed by atoms with Gasteiger partial charge in [-0.1, -0.05) is 13.8 Å². The largest absolute Gasteiger partial charge is 0.478 e. The van der Waals surface area contributed by atoms with Gasteiger partial charge in [-0.05, 0) is 18.1 Å². The molecule has 1 rings (SSSR count). The van der Waals surface area contributed by atoms with E-state index in [0.717, 1.165) is 6.07 Å². The molecule has 104 valence electrons. The molecule has 19 heavy (non-hydrogen) atoms. The Morgan fingerprint density at radius 3 is 2.58 bits per heavy atom. The Kier molecular flexibility index (Phi) is 4.82. The van der Waals surface area contributed by atoms with Crippen molar-refractivity contribution in [2.45, 2.75) is 20.0 Å². The molecular formula is C12H16N2O5. The summed E-state index contributed by atoms with van der Waals surface area (Å²) in [6.45, 7) is 3.74. The number of anilines is 1. The Balaban J connectivity index is 2.98. The molecule has 0 aliphatic rings. The van der Waals surface area contributed by atoms with Gasteiger partial charge in [0.05, 0.1) is 16.6 Å². The van der Waals surface area contributed by atoms with E-state index in [1.807, 2.05) is 13.8 Å². The second-order valence-electron chi connectivity index (χ2n) is 4.49. The van der Waals surface area contributed by atoms with Crippen molar-refractivity contribution >= 4 is 17.3 Å². The average Bonchev–Trinajstić information content (AvgIpc) is 2.34. The molecule has 0 aliphatic carbocycles. The summed E-state index contributed by atoms with van der Waals surface area (Å²) >= 11 is 0. The minimum absolute atomic E-state index is 0.00536. The summed E-state index contributed by atoms with van der Waals surface area (Å²) in [6, 6.07) is 3.49. The fourth-order valence-corrected chi connectivity index (χ4v) is 1.42. The van der Waals surface area contributed by atoms with Gasteiger partial charge in [-0.15, -0.1) is 0 Å². The maximum absolute atomic E-state index is 10.8. The van der Waals surface area contributed by atoms with Crippen LogP contribution in [0.5, 0.6) is 0 Å². The monoisotopic (exact) mass is 268 g/mol. The molecule has 0 spiro atoms. The Hall–Kier alpha value is -2.15. The number of aliphatic hydroxyl groups is 1. The number of benzene rings is 1. The molecule has 0 radical (unpaired) electrons. The van der Waals surface area contributed by atoms with Crippen LogP contribution in [0.4, 0.5) is 11.4 Å². The molecule has 0 aliphatic heterocycles. The van der Waals surface area contributed by atoms with E-state index < -0.39 is 17.0 Å². The van der Waals surface area contributed by atoms with Gasteiger partial charge in [-0.2, -0.15) is 0 Å². The first kappa shape index (κ1) is 14.9. The van der Waals surface area contributed by atoms with E-state index in [4.69, 9.17) is 5.11 Å². The summed E-state index contributed by atoms with van der Waals surface area (Å²) < 4.78 is 0. The highest BCUT2D eigenvalue weighted by atomic mass is 16.6. The Labute approximate surface area is 110 Å². The molecule has 0 bridgehead atoms. The smallest absolute Gasteiger partial charge is 0.335 e. The average molecular weight is 268 g/mol. The fourth-order valence-electron chi connectivity index (χ4n) is 1.42. The molecule has 1 aromatic rings. The van der Waals surface area contributed by atoms with Crippen LogP contribution < -0.4 is 5.32 Å². The fraction of sp³-hybridized carbons (Fsp3) is 0.417. The summed E-state index contributed by atoms with van der Waals surface area (Å²) in [4.78, 5) is 21.1. The normalized spacial score (nSPS) is 12.2. The molecule has 0 fully saturated rings. The van der Waals surface area contributed by atoms with Crippen molar-refractivity contribution in [2.75, 3.05) is 11.9 Å². The lowest BCUT2D eigenvalue weighted by atomic mass is 10.1. The highest BCUT2D eigenvalue weighted by molar-refractivity contribution is 5.90. The zero-order valence-corrected chi connectivity index (χ0v) is 10.7. The summed E-state index contributed by atoms with van der Waals surface area (Å²) in [5.41, 5.74) is -0.183. The molecule has 1 aromatic carbocycles. The maximum Gasteiger partial charge on any atom is 0.335 e. The van der Waals surface area contributed by atoms with Gasteiger partial charge in [0.2, 0.25) is 0 Å². The lowest BCUT2D eigenvalue weighted by molar-refractivity contribution is -0.384. The van der Waals surface area contributed by atoms with Crippen LogP contribution in [0.15, 0.2) is 18.2 Å². The van der Waals surface area contributed by atoms with Gasteiger partial charge in [0.1, 0.15) is 5.69 Å². The van der Waals surface area contributed by atoms with Crippen molar-refractivity contribution in [3.63, 3.8) is 0 Å². The lowest BCUT2D eigenvalue weighted by Crippen LogP contribution is -2.25. The highest BCUT2D eigenvalue weighted by Crippen LogP contribution is 2.25. The van der Waals surface area contributed by atoms with E-state index in [1.165, 1.54) is 12.1 Å². The van der Waals surface area contributed by atoms with Gasteiger partial charge in [0, 0.05) is 12.6 Å². The van der Waals surface area contributed by atoms with Crippen molar-refractivity contribution in [1.29, 1.82) is 0 Å². The van der Waals surface area contributed by atoms with Crippen LogP contribution in [-0.2, 0) is 0 Å². The SMILES string of the molecule is CC(C)C(O)CNc1cc(C(=O)O)ccc1[N+](=O)[O-]. The molecule has 0 aromatic heterocycles. The minimum Gasteiger partial charge on any atom is -0.478 e. The van der Waals surface area contributed by atoms with E-state index >= 15 is 0 Å². The van der Waals surface area contributed by atoms with Gasteiger partial charge in [0.15, 0.2) is 0 Å². The van der Waals surface area contributed by atoms with Crippen LogP contribution in [-0.4, -0.2) is 33.8 Å². The standard InChI is InChI=1S/C12H16N2O5/c1-7(2)11(15)6-13-9-5-8(12(16)17)3-4-10(9)14(18)19/h3-5,7,11,13,15H,6H2,1-2H3,(H,16,17). The van der Waals surface area contributed by atoms with E-state index in [-0.39, 0.29) is 29.4 Å². The van der Waals surface area contributed by atoms with Crippen LogP contribution in [0.3, 0.4) is 0 Å². The van der Waals surface area contributed by atoms with Crippen molar-refractivity contribution in [3.8, 4) is 0 Å². The molecule has 1 unspecified atom stereocenters. The number of nitro benzene ring substituents is 1. The molecule has 0 amide bonds. The van der Waals surface area contributed by atoms with Crippen molar-refractivity contribution in [1.82, 2.24) is 0 Å². The second kappa shape index (κ2) is 6.14. The summed E-state index contributed by atoms with van der Waals surface area (Å²) in [5.74, 6) is -1.17. The van der Waals surface area contributed by atoms with E-state index in [2.05, 4.69) is 5.32 Å². The number of nitrogens with zero attached hydrogens (tertiary/aromatic N) is 1. The first-order valence-corrected chi connectivity index (χ1v) is 5.76. The Morgan fingerprint density at radius 2 is 2.11 bits per heavy atom. The van der Waals surface area contributed by atoms with Gasteiger partial charge in [-0.25, -0.2) is 4.79 Å². The highest BCUT2D eigenvalue weighted by Gasteiger charge is 2.18. The van der Waals surface area contributed by atoms with Gasteiger partial charge >= 0.3 is 5.97 Å².